The number of amides is 1. The largest absolute Gasteiger partial charge is 0.350 e. The van der Waals surface area contributed by atoms with E-state index in [0.717, 1.165) is 25.7 Å². The van der Waals surface area contributed by atoms with Crippen LogP contribution in [0.4, 0.5) is 0 Å². The zero-order valence-electron chi connectivity index (χ0n) is 13.5. The fourth-order valence-electron chi connectivity index (χ4n) is 3.43. The van der Waals surface area contributed by atoms with Crippen molar-refractivity contribution in [2.75, 3.05) is 0 Å². The Labute approximate surface area is 128 Å². The monoisotopic (exact) mass is 288 g/mol. The molecule has 0 aliphatic heterocycles. The number of carbonyl (C=O) groups excluding carboxylic acids is 1. The lowest BCUT2D eigenvalue weighted by atomic mass is 9.80. The molecule has 0 spiro atoms. The number of aryl methyl sites for hydroxylation is 2. The Balaban J connectivity index is 1.95. The van der Waals surface area contributed by atoms with Crippen molar-refractivity contribution in [3.05, 3.63) is 34.9 Å². The third-order valence-corrected chi connectivity index (χ3v) is 4.63. The molecule has 3 heteroatoms. The molecule has 0 heterocycles. The van der Waals surface area contributed by atoms with E-state index in [1.807, 2.05) is 6.92 Å². The van der Waals surface area contributed by atoms with Crippen LogP contribution in [0, 0.1) is 13.8 Å². The van der Waals surface area contributed by atoms with Crippen molar-refractivity contribution < 1.29 is 4.79 Å². The molecule has 116 valence electrons. The summed E-state index contributed by atoms with van der Waals surface area (Å²) in [6.07, 6.45) is 5.94. The van der Waals surface area contributed by atoms with Crippen LogP contribution in [0.3, 0.4) is 0 Å². The van der Waals surface area contributed by atoms with Crippen molar-refractivity contribution in [1.29, 1.82) is 0 Å². The Morgan fingerprint density at radius 1 is 1.29 bits per heavy atom. The number of hydrogen-bond acceptors (Lipinski definition) is 2. The van der Waals surface area contributed by atoms with Crippen molar-refractivity contribution in [3.8, 4) is 0 Å². The van der Waals surface area contributed by atoms with Crippen LogP contribution in [0.2, 0.25) is 0 Å². The van der Waals surface area contributed by atoms with Crippen molar-refractivity contribution in [1.82, 2.24) is 5.32 Å². The molecule has 0 aromatic heterocycles. The van der Waals surface area contributed by atoms with Gasteiger partial charge in [0.05, 0.1) is 6.04 Å². The standard InChI is InChI=1S/C18H28N2O/c1-13-7-8-16(14(2)11-13)15(3)20-17(21)12-18(19)9-5-4-6-10-18/h7-8,11,15H,4-6,9-10,12,19H2,1-3H3,(H,20,21). The number of nitrogens with two attached hydrogens (primary N) is 1. The molecule has 3 nitrogen and oxygen atoms in total. The SMILES string of the molecule is Cc1ccc(C(C)NC(=O)CC2(N)CCCCC2)c(C)c1. The molecule has 2 rings (SSSR count). The summed E-state index contributed by atoms with van der Waals surface area (Å²) in [5, 5.41) is 3.11. The molecule has 1 unspecified atom stereocenters. The number of carbonyl (C=O) groups is 1. The van der Waals surface area contributed by atoms with Gasteiger partial charge in [0.25, 0.3) is 0 Å². The lowest BCUT2D eigenvalue weighted by molar-refractivity contribution is -0.123. The molecule has 0 saturated heterocycles. The smallest absolute Gasteiger partial charge is 0.222 e. The van der Waals surface area contributed by atoms with Crippen LogP contribution < -0.4 is 11.1 Å². The van der Waals surface area contributed by atoms with Gasteiger partial charge in [-0.3, -0.25) is 4.79 Å². The highest BCUT2D eigenvalue weighted by atomic mass is 16.1. The van der Waals surface area contributed by atoms with E-state index in [1.165, 1.54) is 23.1 Å². The second kappa shape index (κ2) is 6.61. The molecule has 1 atom stereocenters. The van der Waals surface area contributed by atoms with E-state index >= 15 is 0 Å². The minimum Gasteiger partial charge on any atom is -0.350 e. The van der Waals surface area contributed by atoms with Gasteiger partial charge in [0, 0.05) is 12.0 Å². The van der Waals surface area contributed by atoms with E-state index < -0.39 is 0 Å². The Kier molecular flexibility index (Phi) is 5.04. The van der Waals surface area contributed by atoms with Gasteiger partial charge in [-0.2, -0.15) is 0 Å². The molecular formula is C18H28N2O. The van der Waals surface area contributed by atoms with Crippen LogP contribution >= 0.6 is 0 Å². The van der Waals surface area contributed by atoms with Crippen molar-refractivity contribution in [2.24, 2.45) is 5.73 Å². The Morgan fingerprint density at radius 2 is 1.95 bits per heavy atom. The highest BCUT2D eigenvalue weighted by Gasteiger charge is 2.30. The van der Waals surface area contributed by atoms with Gasteiger partial charge >= 0.3 is 0 Å². The first-order valence-electron chi connectivity index (χ1n) is 8.05. The Bertz CT molecular complexity index is 504. The fourth-order valence-corrected chi connectivity index (χ4v) is 3.43. The van der Waals surface area contributed by atoms with Crippen LogP contribution in [0.1, 0.15) is 68.2 Å². The van der Waals surface area contributed by atoms with Gasteiger partial charge in [-0.15, -0.1) is 0 Å². The first-order chi connectivity index (χ1) is 9.89. The second-order valence-electron chi connectivity index (χ2n) is 6.75. The molecule has 1 aliphatic carbocycles. The third-order valence-electron chi connectivity index (χ3n) is 4.63. The number of nitrogens with one attached hydrogen (secondary N) is 1. The van der Waals surface area contributed by atoms with Crippen molar-refractivity contribution in [2.45, 2.75) is 70.9 Å². The molecule has 1 saturated carbocycles. The highest BCUT2D eigenvalue weighted by molar-refractivity contribution is 5.77. The summed E-state index contributed by atoms with van der Waals surface area (Å²) in [6, 6.07) is 6.39. The fraction of sp³-hybridized carbons (Fsp3) is 0.611. The summed E-state index contributed by atoms with van der Waals surface area (Å²) in [7, 11) is 0. The quantitative estimate of drug-likeness (QED) is 0.890. The molecule has 21 heavy (non-hydrogen) atoms. The van der Waals surface area contributed by atoms with Crippen LogP contribution in [-0.2, 0) is 4.79 Å². The van der Waals surface area contributed by atoms with Gasteiger partial charge in [0.15, 0.2) is 0 Å². The molecular weight excluding hydrogens is 260 g/mol. The topological polar surface area (TPSA) is 55.1 Å². The summed E-state index contributed by atoms with van der Waals surface area (Å²) in [4.78, 5) is 12.3. The van der Waals surface area contributed by atoms with Gasteiger partial charge in [0.1, 0.15) is 0 Å². The predicted molar refractivity (Wildman–Crippen MR) is 87.1 cm³/mol. The van der Waals surface area contributed by atoms with Gasteiger partial charge in [-0.05, 0) is 44.7 Å². The maximum atomic E-state index is 12.3. The summed E-state index contributed by atoms with van der Waals surface area (Å²) >= 11 is 0. The molecule has 1 fully saturated rings. The minimum atomic E-state index is -0.287. The van der Waals surface area contributed by atoms with E-state index in [0.29, 0.717) is 6.42 Å². The van der Waals surface area contributed by atoms with Crippen LogP contribution in [0.5, 0.6) is 0 Å². The number of rotatable bonds is 4. The van der Waals surface area contributed by atoms with E-state index in [-0.39, 0.29) is 17.5 Å². The van der Waals surface area contributed by atoms with Crippen LogP contribution in [-0.4, -0.2) is 11.4 Å². The molecule has 1 aliphatic rings. The lowest BCUT2D eigenvalue weighted by Crippen LogP contribution is -2.46. The highest BCUT2D eigenvalue weighted by Crippen LogP contribution is 2.29. The van der Waals surface area contributed by atoms with Gasteiger partial charge in [0.2, 0.25) is 5.91 Å². The molecule has 0 radical (unpaired) electrons. The normalized spacial score (nSPS) is 19.0. The summed E-state index contributed by atoms with van der Waals surface area (Å²) in [5.74, 6) is 0.0758. The Hall–Kier alpha value is -1.35. The van der Waals surface area contributed by atoms with Crippen molar-refractivity contribution >= 4 is 5.91 Å². The van der Waals surface area contributed by atoms with E-state index in [9.17, 15) is 4.79 Å². The number of benzene rings is 1. The van der Waals surface area contributed by atoms with Gasteiger partial charge < -0.3 is 11.1 Å². The molecule has 1 aromatic rings. The average molecular weight is 288 g/mol. The third kappa shape index (κ3) is 4.31. The molecule has 1 aromatic carbocycles. The van der Waals surface area contributed by atoms with Crippen LogP contribution in [0.15, 0.2) is 18.2 Å². The van der Waals surface area contributed by atoms with Crippen molar-refractivity contribution in [3.63, 3.8) is 0 Å². The second-order valence-corrected chi connectivity index (χ2v) is 6.75. The van der Waals surface area contributed by atoms with E-state index in [4.69, 9.17) is 5.73 Å². The van der Waals surface area contributed by atoms with Gasteiger partial charge in [-0.25, -0.2) is 0 Å². The Morgan fingerprint density at radius 3 is 2.57 bits per heavy atom. The maximum absolute atomic E-state index is 12.3. The van der Waals surface area contributed by atoms with E-state index in [1.54, 1.807) is 0 Å². The summed E-state index contributed by atoms with van der Waals surface area (Å²) in [6.45, 7) is 6.22. The number of hydrogen-bond donors (Lipinski definition) is 2. The first kappa shape index (κ1) is 16.0. The molecule has 3 N–H and O–H groups in total. The van der Waals surface area contributed by atoms with Gasteiger partial charge in [-0.1, -0.05) is 43.0 Å². The molecule has 0 bridgehead atoms. The average Bonchev–Trinajstić information content (AvgIpc) is 2.38. The predicted octanol–water partition coefficient (Wildman–Crippen LogP) is 3.53. The maximum Gasteiger partial charge on any atom is 0.222 e. The molecule has 1 amide bonds. The summed E-state index contributed by atoms with van der Waals surface area (Å²) < 4.78 is 0. The minimum absolute atomic E-state index is 0.0327. The zero-order valence-corrected chi connectivity index (χ0v) is 13.5. The zero-order chi connectivity index (χ0) is 15.5. The van der Waals surface area contributed by atoms with Crippen LogP contribution in [0.25, 0.3) is 0 Å². The first-order valence-corrected chi connectivity index (χ1v) is 8.05. The summed E-state index contributed by atoms with van der Waals surface area (Å²) in [5.41, 5.74) is 9.73. The lowest BCUT2D eigenvalue weighted by Gasteiger charge is -2.33. The van der Waals surface area contributed by atoms with E-state index in [2.05, 4.69) is 37.4 Å².